The molecule has 0 unspecified atom stereocenters. The highest BCUT2D eigenvalue weighted by atomic mass is 32.2. The van der Waals surface area contributed by atoms with Crippen molar-refractivity contribution in [2.24, 2.45) is 0 Å². The Morgan fingerprint density at radius 2 is 1.69 bits per heavy atom. The van der Waals surface area contributed by atoms with Crippen LogP contribution in [0.3, 0.4) is 0 Å². The number of anilines is 1. The minimum atomic E-state index is -3.91. The molecule has 3 N–H and O–H groups in total. The molecule has 0 saturated heterocycles. The number of imide groups is 1. The highest BCUT2D eigenvalue weighted by molar-refractivity contribution is 7.92. The first-order valence-corrected chi connectivity index (χ1v) is 11.0. The highest BCUT2D eigenvalue weighted by Crippen LogP contribution is 2.32. The Balaban J connectivity index is 1.58. The van der Waals surface area contributed by atoms with E-state index in [1.807, 2.05) is 5.32 Å². The molecule has 11 nitrogen and oxygen atoms in total. The van der Waals surface area contributed by atoms with Crippen molar-refractivity contribution in [1.82, 2.24) is 10.6 Å². The van der Waals surface area contributed by atoms with Crippen LogP contribution in [-0.2, 0) is 19.6 Å². The van der Waals surface area contributed by atoms with Gasteiger partial charge in [0, 0.05) is 18.3 Å². The first-order chi connectivity index (χ1) is 15.3. The van der Waals surface area contributed by atoms with Crippen LogP contribution in [0.25, 0.3) is 0 Å². The van der Waals surface area contributed by atoms with Crippen molar-refractivity contribution < 1.29 is 37.0 Å². The number of carbonyl (C=O) groups excluding carboxylic acids is 3. The van der Waals surface area contributed by atoms with Crippen LogP contribution in [0, 0.1) is 0 Å². The molecule has 0 saturated carbocycles. The molecule has 32 heavy (non-hydrogen) atoms. The van der Waals surface area contributed by atoms with Crippen LogP contribution < -0.4 is 24.8 Å². The lowest BCUT2D eigenvalue weighted by Gasteiger charge is -2.19. The Morgan fingerprint density at radius 1 is 1.00 bits per heavy atom. The summed E-state index contributed by atoms with van der Waals surface area (Å²) in [6.07, 6.45) is 0. The number of nitrogens with one attached hydrogen (secondary N) is 3. The third-order valence-corrected chi connectivity index (χ3v) is 5.50. The largest absolute Gasteiger partial charge is 0.486 e. The molecule has 0 spiro atoms. The fraction of sp³-hybridized carbons (Fsp3) is 0.250. The monoisotopic (exact) mass is 463 g/mol. The number of sulfonamides is 1. The van der Waals surface area contributed by atoms with Crippen molar-refractivity contribution in [3.63, 3.8) is 0 Å². The third kappa shape index (κ3) is 5.88. The maximum Gasteiger partial charge on any atom is 0.338 e. The lowest BCUT2D eigenvalue weighted by molar-refractivity contribution is -0.123. The van der Waals surface area contributed by atoms with Gasteiger partial charge in [0.1, 0.15) is 13.2 Å². The average molecular weight is 463 g/mol. The van der Waals surface area contributed by atoms with Crippen molar-refractivity contribution in [2.45, 2.75) is 11.8 Å². The molecule has 3 rings (SSSR count). The van der Waals surface area contributed by atoms with Gasteiger partial charge in [-0.2, -0.15) is 0 Å². The minimum absolute atomic E-state index is 0.0108. The Kier molecular flexibility index (Phi) is 7.15. The zero-order valence-corrected chi connectivity index (χ0v) is 17.9. The van der Waals surface area contributed by atoms with E-state index in [0.717, 1.165) is 0 Å². The van der Waals surface area contributed by atoms with Gasteiger partial charge in [-0.15, -0.1) is 0 Å². The molecule has 0 radical (unpaired) electrons. The maximum absolute atomic E-state index is 12.6. The number of carbonyl (C=O) groups is 3. The predicted octanol–water partition coefficient (Wildman–Crippen LogP) is 1.26. The summed E-state index contributed by atoms with van der Waals surface area (Å²) in [5, 5.41) is 4.36. The summed E-state index contributed by atoms with van der Waals surface area (Å²) in [6.45, 7) is 2.10. The number of fused-ring (bicyclic) bond motifs is 1. The Bertz CT molecular complexity index is 1120. The topological polar surface area (TPSA) is 149 Å². The van der Waals surface area contributed by atoms with E-state index >= 15 is 0 Å². The lowest BCUT2D eigenvalue weighted by Crippen LogP contribution is -2.41. The van der Waals surface area contributed by atoms with Crippen LogP contribution >= 0.6 is 0 Å². The van der Waals surface area contributed by atoms with Crippen LogP contribution in [-0.4, -0.2) is 52.7 Å². The molecule has 0 atom stereocenters. The van der Waals surface area contributed by atoms with E-state index in [4.69, 9.17) is 14.2 Å². The first kappa shape index (κ1) is 22.9. The quantitative estimate of drug-likeness (QED) is 0.520. The normalized spacial score (nSPS) is 12.4. The molecule has 0 bridgehead atoms. The molecule has 0 aromatic heterocycles. The van der Waals surface area contributed by atoms with Gasteiger partial charge in [-0.1, -0.05) is 0 Å². The molecule has 0 aliphatic carbocycles. The predicted molar refractivity (Wildman–Crippen MR) is 112 cm³/mol. The molecule has 1 aliphatic heterocycles. The van der Waals surface area contributed by atoms with E-state index in [1.165, 1.54) is 42.5 Å². The number of rotatable bonds is 7. The molecular weight excluding hydrogens is 442 g/mol. The standard InChI is InChI=1S/C20H21N3O8S/c1-2-21-20(26)22-18(24)12-31-19(25)13-3-5-14(6-4-13)23-32(27,28)15-7-8-16-17(11-15)30-10-9-29-16/h3-8,11,23H,2,9-10,12H2,1H3,(H2,21,22,24,26). The SMILES string of the molecule is CCNC(=O)NC(=O)COC(=O)c1ccc(NS(=O)(=O)c2ccc3c(c2)OCCO3)cc1. The molecule has 2 aromatic rings. The van der Waals surface area contributed by atoms with E-state index in [9.17, 15) is 22.8 Å². The van der Waals surface area contributed by atoms with Crippen molar-refractivity contribution in [3.05, 3.63) is 48.0 Å². The molecule has 1 aliphatic rings. The molecule has 12 heteroatoms. The number of urea groups is 1. The summed E-state index contributed by atoms with van der Waals surface area (Å²) < 4.78 is 43.3. The minimum Gasteiger partial charge on any atom is -0.486 e. The van der Waals surface area contributed by atoms with Gasteiger partial charge in [0.25, 0.3) is 15.9 Å². The number of benzene rings is 2. The van der Waals surface area contributed by atoms with Crippen LogP contribution in [0.1, 0.15) is 17.3 Å². The van der Waals surface area contributed by atoms with E-state index < -0.39 is 34.5 Å². The molecule has 0 fully saturated rings. The summed E-state index contributed by atoms with van der Waals surface area (Å²) in [7, 11) is -3.91. The number of amides is 3. The van der Waals surface area contributed by atoms with E-state index in [2.05, 4.69) is 10.0 Å². The van der Waals surface area contributed by atoms with Gasteiger partial charge in [0.15, 0.2) is 18.1 Å². The van der Waals surface area contributed by atoms with E-state index in [0.29, 0.717) is 31.3 Å². The summed E-state index contributed by atoms with van der Waals surface area (Å²) in [4.78, 5) is 34.8. The van der Waals surface area contributed by atoms with Gasteiger partial charge in [-0.3, -0.25) is 14.8 Å². The molecule has 3 amide bonds. The van der Waals surface area contributed by atoms with Gasteiger partial charge in [-0.05, 0) is 43.3 Å². The first-order valence-electron chi connectivity index (χ1n) is 9.56. The summed E-state index contributed by atoms with van der Waals surface area (Å²) in [6, 6.07) is 9.02. The van der Waals surface area contributed by atoms with Gasteiger partial charge in [0.05, 0.1) is 10.5 Å². The fourth-order valence-corrected chi connectivity index (χ4v) is 3.73. The van der Waals surface area contributed by atoms with Gasteiger partial charge in [0.2, 0.25) is 0 Å². The Hall–Kier alpha value is -3.80. The van der Waals surface area contributed by atoms with Gasteiger partial charge in [-0.25, -0.2) is 18.0 Å². The molecule has 170 valence electrons. The average Bonchev–Trinajstić information content (AvgIpc) is 2.77. The van der Waals surface area contributed by atoms with Crippen LogP contribution in [0.4, 0.5) is 10.5 Å². The van der Waals surface area contributed by atoms with Crippen LogP contribution in [0.5, 0.6) is 11.5 Å². The molecular formula is C20H21N3O8S. The summed E-state index contributed by atoms with van der Waals surface area (Å²) in [5.41, 5.74) is 0.309. The summed E-state index contributed by atoms with van der Waals surface area (Å²) >= 11 is 0. The molecule has 2 aromatic carbocycles. The fourth-order valence-electron chi connectivity index (χ4n) is 2.66. The zero-order chi connectivity index (χ0) is 23.1. The van der Waals surface area contributed by atoms with Crippen molar-refractivity contribution >= 4 is 33.6 Å². The second-order valence-electron chi connectivity index (χ2n) is 6.47. The second-order valence-corrected chi connectivity index (χ2v) is 8.15. The Labute approximate surface area is 184 Å². The van der Waals surface area contributed by atoms with Crippen molar-refractivity contribution in [3.8, 4) is 11.5 Å². The smallest absolute Gasteiger partial charge is 0.338 e. The van der Waals surface area contributed by atoms with E-state index in [-0.39, 0.29) is 16.1 Å². The number of ether oxygens (including phenoxy) is 3. The second kappa shape index (κ2) is 10.0. The molecule has 1 heterocycles. The number of esters is 1. The van der Waals surface area contributed by atoms with Gasteiger partial charge < -0.3 is 19.5 Å². The zero-order valence-electron chi connectivity index (χ0n) is 17.0. The van der Waals surface area contributed by atoms with Crippen molar-refractivity contribution in [1.29, 1.82) is 0 Å². The van der Waals surface area contributed by atoms with E-state index in [1.54, 1.807) is 6.92 Å². The number of hydrogen-bond acceptors (Lipinski definition) is 8. The summed E-state index contributed by atoms with van der Waals surface area (Å²) in [5.74, 6) is -0.781. The van der Waals surface area contributed by atoms with Crippen LogP contribution in [0.2, 0.25) is 0 Å². The lowest BCUT2D eigenvalue weighted by atomic mass is 10.2. The van der Waals surface area contributed by atoms with Crippen molar-refractivity contribution in [2.75, 3.05) is 31.1 Å². The van der Waals surface area contributed by atoms with Crippen LogP contribution in [0.15, 0.2) is 47.4 Å². The highest BCUT2D eigenvalue weighted by Gasteiger charge is 2.20. The number of hydrogen-bond donors (Lipinski definition) is 3. The Morgan fingerprint density at radius 3 is 2.38 bits per heavy atom. The van der Waals surface area contributed by atoms with Gasteiger partial charge >= 0.3 is 12.0 Å². The maximum atomic E-state index is 12.6. The third-order valence-electron chi connectivity index (χ3n) is 4.12.